The number of hydrogen-bond donors (Lipinski definition) is 3. The molecule has 0 spiro atoms. The molecular formula is C53H55N7O11. The maximum absolute atomic E-state index is 14.1. The topological polar surface area (TPSA) is 215 Å². The summed E-state index contributed by atoms with van der Waals surface area (Å²) in [5.41, 5.74) is 3.78. The average Bonchev–Trinajstić information content (AvgIpc) is 3.40. The highest BCUT2D eigenvalue weighted by Crippen LogP contribution is 2.33. The van der Waals surface area contributed by atoms with Gasteiger partial charge in [-0.3, -0.25) is 25.2 Å². The molecule has 368 valence electrons. The Morgan fingerprint density at radius 3 is 1.41 bits per heavy atom. The first kappa shape index (κ1) is 50.3. The van der Waals surface area contributed by atoms with Crippen molar-refractivity contribution in [3.63, 3.8) is 0 Å². The standard InChI is InChI=1S/C53H55N7O11/c61-46-43(27-16-28-54-49(56-51(65)70-36-41-23-12-4-13-24-41)57-52(66)71-37-42-25-14-5-15-26-42)45(48(63)68-34-39-19-8-2-9-20-39)60(46)53(67)59-31-29-58(30-32-59)47(62)44(33-38-17-6-1-7-18-38)55-50(64)69-35-40-21-10-3-11-22-40/h1-15,17-26,43-45H,16,27-37H2,(H,55,64)(H2,54,56,57,65,66). The molecule has 3 atom stereocenters. The number of alkyl carbamates (subject to hydrolysis) is 3. The van der Waals surface area contributed by atoms with Gasteiger partial charge < -0.3 is 34.1 Å². The summed E-state index contributed by atoms with van der Waals surface area (Å²) in [5.74, 6) is -2.96. The lowest BCUT2D eigenvalue weighted by atomic mass is 9.83. The number of hydrogen-bond acceptors (Lipinski definition) is 12. The number of aliphatic imine (C=N–C) groups is 1. The van der Waals surface area contributed by atoms with Crippen molar-refractivity contribution in [2.24, 2.45) is 10.9 Å². The number of amides is 7. The molecule has 0 aliphatic carbocycles. The monoisotopic (exact) mass is 965 g/mol. The van der Waals surface area contributed by atoms with Gasteiger partial charge in [0, 0.05) is 39.1 Å². The second kappa shape index (κ2) is 25.7. The molecule has 0 radical (unpaired) electrons. The minimum atomic E-state index is -1.26. The molecule has 18 nitrogen and oxygen atoms in total. The second-order valence-corrected chi connectivity index (χ2v) is 16.6. The Morgan fingerprint density at radius 1 is 0.535 bits per heavy atom. The van der Waals surface area contributed by atoms with Gasteiger partial charge in [0.2, 0.25) is 17.8 Å². The van der Waals surface area contributed by atoms with Crippen LogP contribution in [0.1, 0.15) is 40.7 Å². The van der Waals surface area contributed by atoms with Crippen LogP contribution in [0.25, 0.3) is 0 Å². The van der Waals surface area contributed by atoms with Crippen LogP contribution in [0.15, 0.2) is 157 Å². The normalized spacial score (nSPS) is 15.5. The smallest absolute Gasteiger partial charge is 0.414 e. The van der Waals surface area contributed by atoms with Crippen LogP contribution in [0.4, 0.5) is 19.2 Å². The zero-order valence-electron chi connectivity index (χ0n) is 38.9. The molecule has 2 heterocycles. The Hall–Kier alpha value is -8.54. The van der Waals surface area contributed by atoms with Crippen molar-refractivity contribution in [3.8, 4) is 0 Å². The van der Waals surface area contributed by atoms with E-state index in [2.05, 4.69) is 20.9 Å². The predicted octanol–water partition coefficient (Wildman–Crippen LogP) is 6.35. The Balaban J connectivity index is 0.976. The fraction of sp³-hybridized carbons (Fsp3) is 0.283. The zero-order chi connectivity index (χ0) is 49.8. The molecule has 2 saturated heterocycles. The number of esters is 1. The number of benzene rings is 5. The van der Waals surface area contributed by atoms with Crippen LogP contribution in [0.3, 0.4) is 0 Å². The van der Waals surface area contributed by atoms with E-state index in [1.54, 1.807) is 77.7 Å². The number of ether oxygens (including phenoxy) is 4. The summed E-state index contributed by atoms with van der Waals surface area (Å²) in [7, 11) is 0. The third kappa shape index (κ3) is 15.0. The van der Waals surface area contributed by atoms with E-state index in [1.807, 2.05) is 78.9 Å². The highest BCUT2D eigenvalue weighted by Gasteiger charge is 2.56. The Labute approximate surface area is 410 Å². The van der Waals surface area contributed by atoms with Gasteiger partial charge in [-0.2, -0.15) is 0 Å². The van der Waals surface area contributed by atoms with Crippen LogP contribution >= 0.6 is 0 Å². The molecule has 7 amide bonds. The van der Waals surface area contributed by atoms with Crippen molar-refractivity contribution in [2.75, 3.05) is 32.7 Å². The molecule has 7 rings (SSSR count). The summed E-state index contributed by atoms with van der Waals surface area (Å²) in [6.45, 7) is 0.0613. The molecule has 2 fully saturated rings. The summed E-state index contributed by atoms with van der Waals surface area (Å²) in [6, 6.07) is 42.4. The van der Waals surface area contributed by atoms with Crippen LogP contribution in [-0.4, -0.2) is 108 Å². The lowest BCUT2D eigenvalue weighted by Gasteiger charge is -2.47. The summed E-state index contributed by atoms with van der Waals surface area (Å²) in [6.07, 6.45) is -2.08. The molecule has 0 bridgehead atoms. The molecule has 5 aromatic carbocycles. The number of likely N-dealkylation sites (tertiary alicyclic amines) is 1. The molecule has 3 N–H and O–H groups in total. The largest absolute Gasteiger partial charge is 0.459 e. The first-order chi connectivity index (χ1) is 34.6. The Morgan fingerprint density at radius 2 is 0.944 bits per heavy atom. The van der Waals surface area contributed by atoms with Gasteiger partial charge in [0.25, 0.3) is 0 Å². The molecule has 2 aliphatic rings. The molecule has 2 aliphatic heterocycles. The quantitative estimate of drug-likeness (QED) is 0.0233. The number of nitrogens with one attached hydrogen (secondary N) is 3. The van der Waals surface area contributed by atoms with E-state index in [0.29, 0.717) is 5.56 Å². The predicted molar refractivity (Wildman–Crippen MR) is 259 cm³/mol. The van der Waals surface area contributed by atoms with Crippen LogP contribution in [0, 0.1) is 5.92 Å². The number of guanidine groups is 1. The molecule has 18 heteroatoms. The molecular weight excluding hydrogens is 911 g/mol. The number of carbonyl (C=O) groups excluding carboxylic acids is 7. The van der Waals surface area contributed by atoms with E-state index in [4.69, 9.17) is 18.9 Å². The number of nitrogens with zero attached hydrogens (tertiary/aromatic N) is 4. The highest BCUT2D eigenvalue weighted by atomic mass is 16.6. The van der Waals surface area contributed by atoms with Crippen LogP contribution in [0.2, 0.25) is 0 Å². The van der Waals surface area contributed by atoms with Gasteiger partial charge in [-0.25, -0.2) is 28.9 Å². The fourth-order valence-corrected chi connectivity index (χ4v) is 7.90. The maximum atomic E-state index is 14.1. The molecule has 3 unspecified atom stereocenters. The zero-order valence-corrected chi connectivity index (χ0v) is 38.9. The molecule has 0 saturated carbocycles. The Bertz CT molecular complexity index is 2540. The Kier molecular flexibility index (Phi) is 18.2. The van der Waals surface area contributed by atoms with E-state index >= 15 is 0 Å². The van der Waals surface area contributed by atoms with Crippen LogP contribution in [-0.2, 0) is 66.2 Å². The first-order valence-electron chi connectivity index (χ1n) is 23.2. The summed E-state index contributed by atoms with van der Waals surface area (Å²) >= 11 is 0. The van der Waals surface area contributed by atoms with Gasteiger partial charge in [-0.1, -0.05) is 152 Å². The van der Waals surface area contributed by atoms with Gasteiger partial charge in [0.1, 0.15) is 32.5 Å². The van der Waals surface area contributed by atoms with Gasteiger partial charge in [0.15, 0.2) is 6.04 Å². The molecule has 0 aromatic heterocycles. The van der Waals surface area contributed by atoms with Crippen molar-refractivity contribution >= 4 is 48.1 Å². The van der Waals surface area contributed by atoms with E-state index < -0.39 is 54.2 Å². The number of rotatable bonds is 17. The van der Waals surface area contributed by atoms with Crippen molar-refractivity contribution in [1.29, 1.82) is 0 Å². The lowest BCUT2D eigenvalue weighted by Crippen LogP contribution is -2.70. The number of urea groups is 1. The van der Waals surface area contributed by atoms with Crippen LogP contribution < -0.4 is 16.0 Å². The maximum Gasteiger partial charge on any atom is 0.414 e. The van der Waals surface area contributed by atoms with Crippen LogP contribution in [0.5, 0.6) is 0 Å². The third-order valence-electron chi connectivity index (χ3n) is 11.6. The third-order valence-corrected chi connectivity index (χ3v) is 11.6. The van der Waals surface area contributed by atoms with E-state index in [1.165, 1.54) is 4.90 Å². The number of imide groups is 1. The minimum Gasteiger partial charge on any atom is -0.459 e. The molecule has 71 heavy (non-hydrogen) atoms. The summed E-state index contributed by atoms with van der Waals surface area (Å²) in [4.78, 5) is 103. The summed E-state index contributed by atoms with van der Waals surface area (Å²) < 4.78 is 21.7. The SMILES string of the molecule is O=C(NC(=NCCCC1C(=O)N(C(=O)N2CCN(C(=O)C(Cc3ccccc3)NC(=O)OCc3ccccc3)CC2)C1C(=O)OCc1ccccc1)NC(=O)OCc1ccccc1)OCc1ccccc1. The second-order valence-electron chi connectivity index (χ2n) is 16.6. The first-order valence-corrected chi connectivity index (χ1v) is 23.2. The van der Waals surface area contributed by atoms with Crippen molar-refractivity contribution in [1.82, 2.24) is 30.7 Å². The molecule has 5 aromatic rings. The van der Waals surface area contributed by atoms with Gasteiger partial charge in [-0.15, -0.1) is 0 Å². The summed E-state index contributed by atoms with van der Waals surface area (Å²) in [5, 5.41) is 7.59. The van der Waals surface area contributed by atoms with Gasteiger partial charge in [0.05, 0.1) is 5.92 Å². The lowest BCUT2D eigenvalue weighted by molar-refractivity contribution is -0.171. The minimum absolute atomic E-state index is 0.0161. The number of β-lactam (4-membered cyclic amide) rings is 1. The van der Waals surface area contributed by atoms with Crippen molar-refractivity contribution in [3.05, 3.63) is 179 Å². The average molecular weight is 966 g/mol. The van der Waals surface area contributed by atoms with Crippen molar-refractivity contribution in [2.45, 2.75) is 57.8 Å². The van der Waals surface area contributed by atoms with E-state index in [9.17, 15) is 33.6 Å². The van der Waals surface area contributed by atoms with Gasteiger partial charge >= 0.3 is 30.3 Å². The van der Waals surface area contributed by atoms with E-state index in [-0.39, 0.29) is 90.3 Å². The number of piperazine rings is 1. The number of carbonyl (C=O) groups is 7. The van der Waals surface area contributed by atoms with Crippen molar-refractivity contribution < 1.29 is 52.5 Å². The fourth-order valence-electron chi connectivity index (χ4n) is 7.90. The van der Waals surface area contributed by atoms with Gasteiger partial charge in [-0.05, 0) is 40.7 Å². The van der Waals surface area contributed by atoms with E-state index in [0.717, 1.165) is 27.2 Å². The highest BCUT2D eigenvalue weighted by molar-refractivity contribution is 6.08.